The number of benzene rings is 2. The molecule has 3 nitrogen and oxygen atoms in total. The first-order chi connectivity index (χ1) is 9.60. The number of oxime groups is 1. The normalized spacial score (nSPS) is 10.9. The second-order valence-corrected chi connectivity index (χ2v) is 5.15. The van der Waals surface area contributed by atoms with Crippen LogP contribution in [-0.4, -0.2) is 11.4 Å². The van der Waals surface area contributed by atoms with E-state index in [2.05, 4.69) is 5.16 Å². The summed E-state index contributed by atoms with van der Waals surface area (Å²) in [6.45, 7) is 2.41. The van der Waals surface area contributed by atoms with Gasteiger partial charge in [0.05, 0.1) is 16.3 Å². The average molecular weight is 310 g/mol. The Kier molecular flexibility index (Phi) is 4.88. The summed E-state index contributed by atoms with van der Waals surface area (Å²) in [6.07, 6.45) is 1.25. The van der Waals surface area contributed by atoms with Gasteiger partial charge in [-0.3, -0.25) is 0 Å². The highest BCUT2D eigenvalue weighted by atomic mass is 35.5. The third kappa shape index (κ3) is 3.65. The molecule has 2 aromatic rings. The molecule has 2 aromatic carbocycles. The lowest BCUT2D eigenvalue weighted by molar-refractivity contribution is 0.306. The van der Waals surface area contributed by atoms with Crippen LogP contribution in [0.3, 0.4) is 0 Å². The number of rotatable bonds is 4. The van der Waals surface area contributed by atoms with Gasteiger partial charge in [-0.2, -0.15) is 0 Å². The van der Waals surface area contributed by atoms with Crippen molar-refractivity contribution in [1.82, 2.24) is 0 Å². The van der Waals surface area contributed by atoms with E-state index in [9.17, 15) is 0 Å². The Morgan fingerprint density at radius 1 is 1.15 bits per heavy atom. The van der Waals surface area contributed by atoms with Gasteiger partial charge >= 0.3 is 0 Å². The van der Waals surface area contributed by atoms with E-state index in [1.807, 2.05) is 31.2 Å². The van der Waals surface area contributed by atoms with Gasteiger partial charge in [0.2, 0.25) is 0 Å². The van der Waals surface area contributed by atoms with Gasteiger partial charge in [-0.15, -0.1) is 0 Å². The Labute approximate surface area is 127 Å². The van der Waals surface area contributed by atoms with Gasteiger partial charge in [0, 0.05) is 0 Å². The Bertz CT molecular complexity index is 601. The quantitative estimate of drug-likeness (QED) is 0.506. The summed E-state index contributed by atoms with van der Waals surface area (Å²) >= 11 is 12.2. The molecule has 20 heavy (non-hydrogen) atoms. The molecule has 0 unspecified atom stereocenters. The lowest BCUT2D eigenvalue weighted by Gasteiger charge is -2.11. The van der Waals surface area contributed by atoms with Crippen LogP contribution in [0.2, 0.25) is 10.0 Å². The Balaban J connectivity index is 2.15. The molecule has 0 heterocycles. The van der Waals surface area contributed by atoms with E-state index in [4.69, 9.17) is 33.1 Å². The van der Waals surface area contributed by atoms with Gasteiger partial charge in [-0.1, -0.05) is 58.2 Å². The maximum atomic E-state index is 8.50. The SMILES string of the molecule is Cc1ccc(COc2c(Cl)cc(/C=N\O)cc2Cl)cc1. The molecule has 0 aromatic heterocycles. The molecule has 0 saturated carbocycles. The van der Waals surface area contributed by atoms with Crippen LogP contribution >= 0.6 is 23.2 Å². The number of aryl methyl sites for hydroxylation is 1. The maximum absolute atomic E-state index is 8.50. The summed E-state index contributed by atoms with van der Waals surface area (Å²) in [4.78, 5) is 0. The average Bonchev–Trinajstić information content (AvgIpc) is 2.40. The molecule has 0 fully saturated rings. The van der Waals surface area contributed by atoms with Crippen molar-refractivity contribution in [2.24, 2.45) is 5.16 Å². The summed E-state index contributed by atoms with van der Waals surface area (Å²) in [5, 5.41) is 12.2. The minimum Gasteiger partial charge on any atom is -0.486 e. The molecule has 0 aliphatic heterocycles. The van der Waals surface area contributed by atoms with Crippen LogP contribution < -0.4 is 4.74 Å². The second-order valence-electron chi connectivity index (χ2n) is 4.33. The van der Waals surface area contributed by atoms with Crippen molar-refractivity contribution in [1.29, 1.82) is 0 Å². The van der Waals surface area contributed by atoms with Crippen molar-refractivity contribution < 1.29 is 9.94 Å². The topological polar surface area (TPSA) is 41.8 Å². The van der Waals surface area contributed by atoms with E-state index >= 15 is 0 Å². The first-order valence-electron chi connectivity index (χ1n) is 5.95. The Morgan fingerprint density at radius 3 is 2.30 bits per heavy atom. The highest BCUT2D eigenvalue weighted by Crippen LogP contribution is 2.34. The molecule has 5 heteroatoms. The molecule has 104 valence electrons. The smallest absolute Gasteiger partial charge is 0.157 e. The van der Waals surface area contributed by atoms with Crippen LogP contribution in [0.4, 0.5) is 0 Å². The zero-order chi connectivity index (χ0) is 14.5. The molecule has 0 radical (unpaired) electrons. The standard InChI is InChI=1S/C15H13Cl2NO2/c1-10-2-4-11(5-3-10)9-20-15-13(16)6-12(8-18-19)7-14(15)17/h2-8,19H,9H2,1H3/b18-8-. The van der Waals surface area contributed by atoms with Crippen molar-refractivity contribution in [3.05, 3.63) is 63.1 Å². The summed E-state index contributed by atoms with van der Waals surface area (Å²) in [5.41, 5.74) is 2.83. The number of nitrogens with zero attached hydrogens (tertiary/aromatic N) is 1. The van der Waals surface area contributed by atoms with E-state index in [1.54, 1.807) is 12.1 Å². The molecule has 0 amide bonds. The molecule has 1 N–H and O–H groups in total. The van der Waals surface area contributed by atoms with Gasteiger partial charge in [0.25, 0.3) is 0 Å². The van der Waals surface area contributed by atoms with E-state index in [1.165, 1.54) is 11.8 Å². The minimum absolute atomic E-state index is 0.375. The van der Waals surface area contributed by atoms with Crippen LogP contribution in [0, 0.1) is 6.92 Å². The molecule has 0 bridgehead atoms. The predicted octanol–water partition coefficient (Wildman–Crippen LogP) is 4.69. The lowest BCUT2D eigenvalue weighted by atomic mass is 10.2. The van der Waals surface area contributed by atoms with Crippen molar-refractivity contribution in [2.75, 3.05) is 0 Å². The fraction of sp³-hybridized carbons (Fsp3) is 0.133. The van der Waals surface area contributed by atoms with E-state index in [0.29, 0.717) is 28.0 Å². The zero-order valence-electron chi connectivity index (χ0n) is 10.8. The third-order valence-corrected chi connectivity index (χ3v) is 3.29. The summed E-state index contributed by atoms with van der Waals surface area (Å²) < 4.78 is 5.66. The van der Waals surface area contributed by atoms with Gasteiger partial charge in [-0.25, -0.2) is 0 Å². The van der Waals surface area contributed by atoms with Gasteiger partial charge in [-0.05, 0) is 30.2 Å². The summed E-state index contributed by atoms with van der Waals surface area (Å²) in [7, 11) is 0. The number of hydrogen-bond acceptors (Lipinski definition) is 3. The monoisotopic (exact) mass is 309 g/mol. The molecule has 0 spiro atoms. The zero-order valence-corrected chi connectivity index (χ0v) is 12.3. The van der Waals surface area contributed by atoms with Gasteiger partial charge in [0.1, 0.15) is 6.61 Å². The number of ether oxygens (including phenoxy) is 1. The number of halogens is 2. The van der Waals surface area contributed by atoms with Gasteiger partial charge in [0.15, 0.2) is 5.75 Å². The summed E-state index contributed by atoms with van der Waals surface area (Å²) in [6, 6.07) is 11.3. The fourth-order valence-corrected chi connectivity index (χ4v) is 2.31. The fourth-order valence-electron chi connectivity index (χ4n) is 1.70. The molecule has 0 aliphatic rings. The lowest BCUT2D eigenvalue weighted by Crippen LogP contribution is -1.97. The Morgan fingerprint density at radius 2 is 1.75 bits per heavy atom. The largest absolute Gasteiger partial charge is 0.486 e. The number of hydrogen-bond donors (Lipinski definition) is 1. The third-order valence-electron chi connectivity index (χ3n) is 2.73. The molecule has 0 atom stereocenters. The van der Waals surface area contributed by atoms with Crippen molar-refractivity contribution >= 4 is 29.4 Å². The molecular formula is C15H13Cl2NO2. The van der Waals surface area contributed by atoms with E-state index < -0.39 is 0 Å². The first-order valence-corrected chi connectivity index (χ1v) is 6.70. The minimum atomic E-state index is 0.375. The van der Waals surface area contributed by atoms with E-state index in [0.717, 1.165) is 5.56 Å². The van der Waals surface area contributed by atoms with E-state index in [-0.39, 0.29) is 0 Å². The van der Waals surface area contributed by atoms with Gasteiger partial charge < -0.3 is 9.94 Å². The van der Waals surface area contributed by atoms with Crippen molar-refractivity contribution in [3.63, 3.8) is 0 Å². The molecular weight excluding hydrogens is 297 g/mol. The Hall–Kier alpha value is -1.71. The molecule has 0 saturated heterocycles. The van der Waals surface area contributed by atoms with Crippen LogP contribution in [-0.2, 0) is 6.61 Å². The van der Waals surface area contributed by atoms with Crippen LogP contribution in [0.5, 0.6) is 5.75 Å². The van der Waals surface area contributed by atoms with Crippen LogP contribution in [0.15, 0.2) is 41.6 Å². The second kappa shape index (κ2) is 6.64. The highest BCUT2D eigenvalue weighted by Gasteiger charge is 2.09. The van der Waals surface area contributed by atoms with Crippen LogP contribution in [0.1, 0.15) is 16.7 Å². The molecule has 0 aliphatic carbocycles. The first kappa shape index (κ1) is 14.7. The van der Waals surface area contributed by atoms with Crippen molar-refractivity contribution in [2.45, 2.75) is 13.5 Å². The van der Waals surface area contributed by atoms with Crippen molar-refractivity contribution in [3.8, 4) is 5.75 Å². The predicted molar refractivity (Wildman–Crippen MR) is 81.4 cm³/mol. The summed E-state index contributed by atoms with van der Waals surface area (Å²) in [5.74, 6) is 0.420. The molecule has 2 rings (SSSR count). The van der Waals surface area contributed by atoms with Crippen LogP contribution in [0.25, 0.3) is 0 Å². The highest BCUT2D eigenvalue weighted by molar-refractivity contribution is 6.37. The maximum Gasteiger partial charge on any atom is 0.157 e.